The molecule has 0 spiro atoms. The summed E-state index contributed by atoms with van der Waals surface area (Å²) in [6.45, 7) is 2.04. The molecule has 0 saturated heterocycles. The molecule has 2 rings (SSSR count). The second-order valence-corrected chi connectivity index (χ2v) is 3.90. The zero-order chi connectivity index (χ0) is 9.42. The average Bonchev–Trinajstić information content (AvgIpc) is 2.07. The topological polar surface area (TPSA) is 38.9 Å². The highest BCUT2D eigenvalue weighted by Crippen LogP contribution is 2.27. The van der Waals surface area contributed by atoms with E-state index in [1.54, 1.807) is 6.20 Å². The number of rotatable bonds is 0. The van der Waals surface area contributed by atoms with E-state index < -0.39 is 0 Å². The Morgan fingerprint density at radius 3 is 2.92 bits per heavy atom. The molecule has 0 aliphatic rings. The van der Waals surface area contributed by atoms with Gasteiger partial charge in [-0.2, -0.15) is 0 Å². The van der Waals surface area contributed by atoms with E-state index in [4.69, 9.17) is 5.73 Å². The molecule has 0 radical (unpaired) electrons. The van der Waals surface area contributed by atoms with E-state index in [1.165, 1.54) is 5.56 Å². The maximum atomic E-state index is 5.83. The van der Waals surface area contributed by atoms with Crippen molar-refractivity contribution in [3.05, 3.63) is 34.4 Å². The largest absolute Gasteiger partial charge is 0.398 e. The van der Waals surface area contributed by atoms with Crippen molar-refractivity contribution in [3.8, 4) is 0 Å². The standard InChI is InChI=1S/C10H9BrN2/c1-6-4-7-9(12)2-3-13-10(7)8(11)5-6/h2-5H,1H3,(H2,12,13). The number of nitrogens with two attached hydrogens (primary N) is 1. The third-order valence-electron chi connectivity index (χ3n) is 1.98. The van der Waals surface area contributed by atoms with Crippen molar-refractivity contribution in [2.24, 2.45) is 0 Å². The normalized spacial score (nSPS) is 10.6. The molecule has 2 aromatic rings. The van der Waals surface area contributed by atoms with Crippen molar-refractivity contribution in [2.75, 3.05) is 5.73 Å². The Bertz CT molecular complexity index is 466. The molecular weight excluding hydrogens is 228 g/mol. The van der Waals surface area contributed by atoms with Gasteiger partial charge in [0.1, 0.15) is 0 Å². The maximum Gasteiger partial charge on any atom is 0.0864 e. The van der Waals surface area contributed by atoms with E-state index in [1.807, 2.05) is 25.1 Å². The fourth-order valence-electron chi connectivity index (χ4n) is 1.37. The molecule has 0 aliphatic heterocycles. The quantitative estimate of drug-likeness (QED) is 0.765. The van der Waals surface area contributed by atoms with Gasteiger partial charge < -0.3 is 5.73 Å². The molecule has 1 heterocycles. The third kappa shape index (κ3) is 1.40. The van der Waals surface area contributed by atoms with E-state index in [-0.39, 0.29) is 0 Å². The summed E-state index contributed by atoms with van der Waals surface area (Å²) in [6.07, 6.45) is 1.72. The van der Waals surface area contributed by atoms with Crippen LogP contribution in [0.1, 0.15) is 5.56 Å². The Balaban J connectivity index is 2.94. The van der Waals surface area contributed by atoms with Crippen LogP contribution in [0.25, 0.3) is 10.9 Å². The van der Waals surface area contributed by atoms with Gasteiger partial charge in [-0.25, -0.2) is 0 Å². The highest BCUT2D eigenvalue weighted by Gasteiger charge is 2.03. The summed E-state index contributed by atoms with van der Waals surface area (Å²) in [6, 6.07) is 5.89. The molecule has 1 aromatic carbocycles. The molecule has 0 atom stereocenters. The Labute approximate surface area is 84.9 Å². The molecule has 1 aromatic heterocycles. The second-order valence-electron chi connectivity index (χ2n) is 3.04. The van der Waals surface area contributed by atoms with Crippen LogP contribution in [0.4, 0.5) is 5.69 Å². The molecule has 0 fully saturated rings. The SMILES string of the molecule is Cc1cc(Br)c2nccc(N)c2c1. The van der Waals surface area contributed by atoms with Crippen LogP contribution in [-0.2, 0) is 0 Å². The molecule has 0 aliphatic carbocycles. The number of fused-ring (bicyclic) bond motifs is 1. The minimum absolute atomic E-state index is 0.773. The van der Waals surface area contributed by atoms with Gasteiger partial charge in [0.2, 0.25) is 0 Å². The summed E-state index contributed by atoms with van der Waals surface area (Å²) >= 11 is 3.46. The van der Waals surface area contributed by atoms with E-state index in [2.05, 4.69) is 20.9 Å². The number of hydrogen-bond acceptors (Lipinski definition) is 2. The van der Waals surface area contributed by atoms with Crippen LogP contribution < -0.4 is 5.73 Å². The highest BCUT2D eigenvalue weighted by atomic mass is 79.9. The zero-order valence-electron chi connectivity index (χ0n) is 7.21. The molecule has 0 bridgehead atoms. The molecule has 2 nitrogen and oxygen atoms in total. The fraction of sp³-hybridized carbons (Fsp3) is 0.100. The lowest BCUT2D eigenvalue weighted by Gasteiger charge is -2.04. The first kappa shape index (κ1) is 8.51. The fourth-order valence-corrected chi connectivity index (χ4v) is 2.04. The molecule has 2 N–H and O–H groups in total. The summed E-state index contributed by atoms with van der Waals surface area (Å²) in [5.74, 6) is 0. The van der Waals surface area contributed by atoms with Gasteiger partial charge in [0.05, 0.1) is 5.52 Å². The Morgan fingerprint density at radius 1 is 1.38 bits per heavy atom. The lowest BCUT2D eigenvalue weighted by molar-refractivity contribution is 1.38. The number of benzene rings is 1. The Hall–Kier alpha value is -1.09. The summed E-state index contributed by atoms with van der Waals surface area (Å²) in [7, 11) is 0. The number of nitrogen functional groups attached to an aromatic ring is 1. The summed E-state index contributed by atoms with van der Waals surface area (Å²) < 4.78 is 0.995. The van der Waals surface area contributed by atoms with Gasteiger partial charge >= 0.3 is 0 Å². The molecule has 0 amide bonds. The average molecular weight is 237 g/mol. The number of aryl methyl sites for hydroxylation is 1. The lowest BCUT2D eigenvalue weighted by Crippen LogP contribution is -1.90. The molecule has 66 valence electrons. The number of hydrogen-bond donors (Lipinski definition) is 1. The number of nitrogens with zero attached hydrogens (tertiary/aromatic N) is 1. The van der Waals surface area contributed by atoms with Crippen molar-refractivity contribution in [1.29, 1.82) is 0 Å². The lowest BCUT2D eigenvalue weighted by atomic mass is 10.1. The van der Waals surface area contributed by atoms with Crippen LogP contribution >= 0.6 is 15.9 Å². The first-order valence-electron chi connectivity index (χ1n) is 3.99. The summed E-state index contributed by atoms with van der Waals surface area (Å²) in [5, 5.41) is 1.01. The van der Waals surface area contributed by atoms with Crippen molar-refractivity contribution >= 4 is 32.5 Å². The summed E-state index contributed by atoms with van der Waals surface area (Å²) in [5.41, 5.74) is 8.71. The Morgan fingerprint density at radius 2 is 2.15 bits per heavy atom. The predicted molar refractivity (Wildman–Crippen MR) is 58.6 cm³/mol. The third-order valence-corrected chi connectivity index (χ3v) is 2.58. The van der Waals surface area contributed by atoms with Crippen LogP contribution in [0.2, 0.25) is 0 Å². The zero-order valence-corrected chi connectivity index (χ0v) is 8.80. The first-order valence-corrected chi connectivity index (χ1v) is 4.78. The van der Waals surface area contributed by atoms with Crippen LogP contribution in [0.5, 0.6) is 0 Å². The monoisotopic (exact) mass is 236 g/mol. The number of anilines is 1. The van der Waals surface area contributed by atoms with E-state index in [0.717, 1.165) is 21.1 Å². The van der Waals surface area contributed by atoms with Crippen LogP contribution in [0, 0.1) is 6.92 Å². The molecular formula is C10H9BrN2. The van der Waals surface area contributed by atoms with Crippen molar-refractivity contribution in [1.82, 2.24) is 4.98 Å². The number of aromatic nitrogens is 1. The van der Waals surface area contributed by atoms with Crippen molar-refractivity contribution in [2.45, 2.75) is 6.92 Å². The van der Waals surface area contributed by atoms with Crippen LogP contribution in [-0.4, -0.2) is 4.98 Å². The van der Waals surface area contributed by atoms with Crippen LogP contribution in [0.15, 0.2) is 28.9 Å². The molecule has 0 saturated carbocycles. The van der Waals surface area contributed by atoms with Crippen LogP contribution in [0.3, 0.4) is 0 Å². The van der Waals surface area contributed by atoms with Gasteiger partial charge in [0.15, 0.2) is 0 Å². The van der Waals surface area contributed by atoms with Gasteiger partial charge in [-0.3, -0.25) is 4.98 Å². The first-order chi connectivity index (χ1) is 6.18. The molecule has 3 heteroatoms. The second kappa shape index (κ2) is 3.00. The molecule has 0 unspecified atom stereocenters. The van der Waals surface area contributed by atoms with Crippen molar-refractivity contribution in [3.63, 3.8) is 0 Å². The smallest absolute Gasteiger partial charge is 0.0864 e. The van der Waals surface area contributed by atoms with E-state index in [0.29, 0.717) is 0 Å². The number of pyridine rings is 1. The van der Waals surface area contributed by atoms with Gasteiger partial charge in [0, 0.05) is 21.7 Å². The van der Waals surface area contributed by atoms with E-state index >= 15 is 0 Å². The van der Waals surface area contributed by atoms with Gasteiger partial charge in [-0.15, -0.1) is 0 Å². The highest BCUT2D eigenvalue weighted by molar-refractivity contribution is 9.10. The summed E-state index contributed by atoms with van der Waals surface area (Å²) in [4.78, 5) is 4.26. The van der Waals surface area contributed by atoms with Gasteiger partial charge in [0.25, 0.3) is 0 Å². The van der Waals surface area contributed by atoms with E-state index in [9.17, 15) is 0 Å². The number of halogens is 1. The minimum atomic E-state index is 0.773. The predicted octanol–water partition coefficient (Wildman–Crippen LogP) is 2.89. The van der Waals surface area contributed by atoms with Crippen molar-refractivity contribution < 1.29 is 0 Å². The van der Waals surface area contributed by atoms with Gasteiger partial charge in [-0.05, 0) is 46.6 Å². The molecule has 13 heavy (non-hydrogen) atoms. The maximum absolute atomic E-state index is 5.83. The Kier molecular flexibility index (Phi) is 1.96. The van der Waals surface area contributed by atoms with Gasteiger partial charge in [-0.1, -0.05) is 0 Å². The minimum Gasteiger partial charge on any atom is -0.398 e.